The molecule has 0 aliphatic carbocycles. The summed E-state index contributed by atoms with van der Waals surface area (Å²) in [5.74, 6) is 0.944. The quantitative estimate of drug-likeness (QED) is 0.744. The van der Waals surface area contributed by atoms with E-state index in [4.69, 9.17) is 0 Å². The van der Waals surface area contributed by atoms with Crippen molar-refractivity contribution in [2.24, 2.45) is 0 Å². The summed E-state index contributed by atoms with van der Waals surface area (Å²) < 4.78 is 2.21. The Balaban J connectivity index is 1.79. The number of aromatic amines is 1. The van der Waals surface area contributed by atoms with Crippen molar-refractivity contribution in [1.82, 2.24) is 20.5 Å². The molecule has 4 nitrogen and oxygen atoms in total. The highest BCUT2D eigenvalue weighted by atomic mass is 79.9. The van der Waals surface area contributed by atoms with Crippen LogP contribution in [-0.2, 0) is 6.42 Å². The average Bonchev–Trinajstić information content (AvgIpc) is 2.87. The second kappa shape index (κ2) is 7.17. The van der Waals surface area contributed by atoms with Crippen molar-refractivity contribution in [2.75, 3.05) is 6.54 Å². The molecule has 0 bridgehead atoms. The summed E-state index contributed by atoms with van der Waals surface area (Å²) in [4.78, 5) is 4.11. The van der Waals surface area contributed by atoms with Crippen LogP contribution in [0.2, 0.25) is 0 Å². The minimum atomic E-state index is 0.317. The summed E-state index contributed by atoms with van der Waals surface area (Å²) >= 11 is 7.06. The minimum Gasteiger partial charge on any atom is -0.310 e. The van der Waals surface area contributed by atoms with E-state index in [0.717, 1.165) is 34.2 Å². The van der Waals surface area contributed by atoms with Crippen molar-refractivity contribution in [3.8, 4) is 0 Å². The van der Waals surface area contributed by atoms with E-state index in [0.29, 0.717) is 6.04 Å². The van der Waals surface area contributed by atoms with E-state index >= 15 is 0 Å². The third-order valence-electron chi connectivity index (χ3n) is 2.93. The van der Waals surface area contributed by atoms with Gasteiger partial charge < -0.3 is 5.32 Å². The first kappa shape index (κ1) is 14.7. The van der Waals surface area contributed by atoms with Crippen molar-refractivity contribution in [2.45, 2.75) is 25.8 Å². The molecule has 1 unspecified atom stereocenters. The molecule has 0 radical (unpaired) electrons. The van der Waals surface area contributed by atoms with Crippen LogP contribution in [0.15, 0.2) is 33.5 Å². The third-order valence-corrected chi connectivity index (χ3v) is 4.11. The lowest BCUT2D eigenvalue weighted by atomic mass is 10.1. The van der Waals surface area contributed by atoms with Gasteiger partial charge in [0.15, 0.2) is 0 Å². The van der Waals surface area contributed by atoms with Gasteiger partial charge in [-0.25, -0.2) is 4.98 Å². The number of hydrogen-bond donors (Lipinski definition) is 2. The summed E-state index contributed by atoms with van der Waals surface area (Å²) in [5.41, 5.74) is 1.27. The van der Waals surface area contributed by atoms with Crippen LogP contribution >= 0.6 is 31.9 Å². The van der Waals surface area contributed by atoms with E-state index in [1.54, 1.807) is 6.33 Å². The van der Waals surface area contributed by atoms with E-state index in [1.807, 2.05) is 0 Å². The Morgan fingerprint density at radius 1 is 1.37 bits per heavy atom. The van der Waals surface area contributed by atoms with E-state index in [2.05, 4.69) is 77.5 Å². The lowest BCUT2D eigenvalue weighted by Crippen LogP contribution is -2.20. The lowest BCUT2D eigenvalue weighted by Gasteiger charge is -2.16. The van der Waals surface area contributed by atoms with Gasteiger partial charge in [-0.15, -0.1) is 0 Å². The van der Waals surface area contributed by atoms with Crippen molar-refractivity contribution < 1.29 is 0 Å². The molecule has 0 amide bonds. The Morgan fingerprint density at radius 2 is 2.21 bits per heavy atom. The van der Waals surface area contributed by atoms with Gasteiger partial charge in [-0.05, 0) is 37.6 Å². The zero-order valence-electron chi connectivity index (χ0n) is 10.7. The summed E-state index contributed by atoms with van der Waals surface area (Å²) in [6.45, 7) is 3.12. The molecule has 0 fully saturated rings. The van der Waals surface area contributed by atoms with Crippen LogP contribution in [0.1, 0.15) is 30.8 Å². The van der Waals surface area contributed by atoms with Gasteiger partial charge in [0.25, 0.3) is 0 Å². The summed E-state index contributed by atoms with van der Waals surface area (Å²) in [7, 11) is 0. The molecule has 19 heavy (non-hydrogen) atoms. The molecule has 1 aromatic carbocycles. The number of nitrogens with zero attached hydrogens (tertiary/aromatic N) is 2. The Kier molecular flexibility index (Phi) is 5.54. The lowest BCUT2D eigenvalue weighted by molar-refractivity contribution is 0.553. The van der Waals surface area contributed by atoms with Crippen molar-refractivity contribution in [3.63, 3.8) is 0 Å². The molecule has 0 spiro atoms. The summed E-state index contributed by atoms with van der Waals surface area (Å²) in [6.07, 6.45) is 3.50. The standard InChI is InChI=1S/C13H16Br2N4/c1-9(11-5-4-10(14)7-12(11)15)16-6-2-3-13-17-8-18-19-13/h4-5,7-9,16H,2-3,6H2,1H3,(H,17,18,19). The minimum absolute atomic E-state index is 0.317. The SMILES string of the molecule is CC(NCCCc1ncn[nH]1)c1ccc(Br)cc1Br. The molecule has 2 N–H and O–H groups in total. The molecular weight excluding hydrogens is 372 g/mol. The molecule has 0 aliphatic rings. The fourth-order valence-corrected chi connectivity index (χ4v) is 3.28. The van der Waals surface area contributed by atoms with Crippen molar-refractivity contribution in [3.05, 3.63) is 44.9 Å². The monoisotopic (exact) mass is 386 g/mol. The Morgan fingerprint density at radius 3 is 2.89 bits per heavy atom. The Labute approximate surface area is 129 Å². The number of aryl methyl sites for hydroxylation is 1. The number of rotatable bonds is 6. The van der Waals surface area contributed by atoms with Gasteiger partial charge in [-0.2, -0.15) is 5.10 Å². The zero-order chi connectivity index (χ0) is 13.7. The highest BCUT2D eigenvalue weighted by Crippen LogP contribution is 2.26. The van der Waals surface area contributed by atoms with E-state index in [1.165, 1.54) is 5.56 Å². The number of H-pyrrole nitrogens is 1. The van der Waals surface area contributed by atoms with Crippen LogP contribution in [0.3, 0.4) is 0 Å². The molecule has 1 aromatic heterocycles. The molecule has 1 atom stereocenters. The maximum atomic E-state index is 4.11. The predicted octanol–water partition coefficient (Wildman–Crippen LogP) is 3.61. The highest BCUT2D eigenvalue weighted by Gasteiger charge is 2.08. The predicted molar refractivity (Wildman–Crippen MR) is 83.0 cm³/mol. The molecular formula is C13H16Br2N4. The van der Waals surface area contributed by atoms with Crippen LogP contribution in [-0.4, -0.2) is 21.7 Å². The molecule has 1 heterocycles. The van der Waals surface area contributed by atoms with Gasteiger partial charge in [-0.3, -0.25) is 5.10 Å². The fourth-order valence-electron chi connectivity index (χ4n) is 1.89. The molecule has 6 heteroatoms. The van der Waals surface area contributed by atoms with E-state index < -0.39 is 0 Å². The summed E-state index contributed by atoms with van der Waals surface area (Å²) in [5, 5.41) is 10.2. The Bertz CT molecular complexity index is 513. The van der Waals surface area contributed by atoms with Crippen LogP contribution in [0.4, 0.5) is 0 Å². The van der Waals surface area contributed by atoms with E-state index in [9.17, 15) is 0 Å². The normalized spacial score (nSPS) is 12.6. The first-order chi connectivity index (χ1) is 9.16. The van der Waals surface area contributed by atoms with Gasteiger partial charge >= 0.3 is 0 Å². The molecule has 0 aliphatic heterocycles. The Hall–Kier alpha value is -0.720. The second-order valence-corrected chi connectivity index (χ2v) is 6.15. The molecule has 102 valence electrons. The smallest absolute Gasteiger partial charge is 0.137 e. The van der Waals surface area contributed by atoms with Gasteiger partial charge in [0.05, 0.1) is 0 Å². The first-order valence-corrected chi connectivity index (χ1v) is 7.78. The van der Waals surface area contributed by atoms with Gasteiger partial charge in [-0.1, -0.05) is 37.9 Å². The second-order valence-electron chi connectivity index (χ2n) is 4.38. The highest BCUT2D eigenvalue weighted by molar-refractivity contribution is 9.11. The van der Waals surface area contributed by atoms with E-state index in [-0.39, 0.29) is 0 Å². The molecule has 2 rings (SSSR count). The maximum absolute atomic E-state index is 4.11. The van der Waals surface area contributed by atoms with Gasteiger partial charge in [0, 0.05) is 21.4 Å². The van der Waals surface area contributed by atoms with Crippen LogP contribution < -0.4 is 5.32 Å². The maximum Gasteiger partial charge on any atom is 0.137 e. The number of benzene rings is 1. The topological polar surface area (TPSA) is 53.6 Å². The van der Waals surface area contributed by atoms with Crippen LogP contribution in [0, 0.1) is 0 Å². The van der Waals surface area contributed by atoms with Gasteiger partial charge in [0.1, 0.15) is 12.2 Å². The van der Waals surface area contributed by atoms with Crippen molar-refractivity contribution >= 4 is 31.9 Å². The number of halogens is 2. The largest absolute Gasteiger partial charge is 0.310 e. The van der Waals surface area contributed by atoms with Crippen molar-refractivity contribution in [1.29, 1.82) is 0 Å². The fraction of sp³-hybridized carbons (Fsp3) is 0.385. The number of nitrogens with one attached hydrogen (secondary N) is 2. The number of hydrogen-bond acceptors (Lipinski definition) is 3. The molecule has 0 saturated heterocycles. The van der Waals surface area contributed by atoms with Crippen LogP contribution in [0.5, 0.6) is 0 Å². The van der Waals surface area contributed by atoms with Crippen LogP contribution in [0.25, 0.3) is 0 Å². The zero-order valence-corrected chi connectivity index (χ0v) is 13.8. The third kappa shape index (κ3) is 4.40. The molecule has 2 aromatic rings. The average molecular weight is 388 g/mol. The first-order valence-electron chi connectivity index (χ1n) is 6.19. The summed E-state index contributed by atoms with van der Waals surface area (Å²) in [6, 6.07) is 6.58. The molecule has 0 saturated carbocycles. The number of aromatic nitrogens is 3. The van der Waals surface area contributed by atoms with Gasteiger partial charge in [0.2, 0.25) is 0 Å².